The van der Waals surface area contributed by atoms with E-state index in [1.807, 2.05) is 6.92 Å². The number of halogens is 2. The first-order valence-corrected chi connectivity index (χ1v) is 5.17. The number of hydrogen-bond donors (Lipinski definition) is 2. The third-order valence-corrected chi connectivity index (χ3v) is 2.38. The maximum atomic E-state index is 5.69. The van der Waals surface area contributed by atoms with Crippen LogP contribution >= 0.6 is 24.8 Å². The Morgan fingerprint density at radius 3 is 2.12 bits per heavy atom. The van der Waals surface area contributed by atoms with E-state index in [9.17, 15) is 0 Å². The highest BCUT2D eigenvalue weighted by Crippen LogP contribution is 2.19. The van der Waals surface area contributed by atoms with Crippen LogP contribution in [0.3, 0.4) is 0 Å². The summed E-state index contributed by atoms with van der Waals surface area (Å²) < 4.78 is 0. The zero-order chi connectivity index (χ0) is 10.6. The van der Waals surface area contributed by atoms with E-state index >= 15 is 0 Å². The summed E-state index contributed by atoms with van der Waals surface area (Å²) >= 11 is 0. The third-order valence-electron chi connectivity index (χ3n) is 2.38. The van der Waals surface area contributed by atoms with E-state index < -0.39 is 0 Å². The molecule has 0 aliphatic heterocycles. The minimum absolute atomic E-state index is 0. The predicted molar refractivity (Wildman–Crippen MR) is 77.2 cm³/mol. The molecule has 0 aromatic heterocycles. The molecule has 16 heavy (non-hydrogen) atoms. The normalized spacial score (nSPS) is 11.0. The second kappa shape index (κ2) is 8.68. The van der Waals surface area contributed by atoms with Crippen molar-refractivity contribution in [3.05, 3.63) is 29.3 Å². The highest BCUT2D eigenvalue weighted by atomic mass is 35.5. The Bertz CT molecular complexity index is 281. The Labute approximate surface area is 111 Å². The van der Waals surface area contributed by atoms with Gasteiger partial charge in [-0.3, -0.25) is 0 Å². The van der Waals surface area contributed by atoms with Crippen LogP contribution in [0.5, 0.6) is 0 Å². The Kier molecular flexibility index (Phi) is 9.73. The molecule has 0 aliphatic rings. The quantitative estimate of drug-likeness (QED) is 0.876. The molecule has 2 nitrogen and oxygen atoms in total. The first-order chi connectivity index (χ1) is 6.61. The number of nitrogens with two attached hydrogens (primary N) is 1. The minimum Gasteiger partial charge on any atom is -0.385 e. The summed E-state index contributed by atoms with van der Waals surface area (Å²) in [5.74, 6) is 0. The predicted octanol–water partition coefficient (Wildman–Crippen LogP) is 3.30. The van der Waals surface area contributed by atoms with Crippen molar-refractivity contribution >= 4 is 30.5 Å². The van der Waals surface area contributed by atoms with Crippen LogP contribution in [0.2, 0.25) is 0 Å². The van der Waals surface area contributed by atoms with Gasteiger partial charge in [0, 0.05) is 18.3 Å². The lowest BCUT2D eigenvalue weighted by molar-refractivity contribution is 0.690. The molecule has 0 amide bonds. The zero-order valence-corrected chi connectivity index (χ0v) is 11.8. The van der Waals surface area contributed by atoms with E-state index in [0.29, 0.717) is 0 Å². The lowest BCUT2D eigenvalue weighted by Gasteiger charge is -2.13. The van der Waals surface area contributed by atoms with Crippen molar-refractivity contribution in [1.82, 2.24) is 0 Å². The van der Waals surface area contributed by atoms with E-state index in [4.69, 9.17) is 5.73 Å². The number of anilines is 1. The molecule has 0 radical (unpaired) electrons. The summed E-state index contributed by atoms with van der Waals surface area (Å²) in [6.07, 6.45) is 1.01. The summed E-state index contributed by atoms with van der Waals surface area (Å²) in [4.78, 5) is 0. The second-order valence-corrected chi connectivity index (χ2v) is 3.96. The summed E-state index contributed by atoms with van der Waals surface area (Å²) in [6.45, 7) is 7.23. The molecule has 0 heterocycles. The molecule has 4 heteroatoms. The van der Waals surface area contributed by atoms with Gasteiger partial charge >= 0.3 is 0 Å². The molecule has 0 saturated heterocycles. The molecule has 1 atom stereocenters. The number of hydrogen-bond acceptors (Lipinski definition) is 2. The van der Waals surface area contributed by atoms with Crippen LogP contribution in [0.4, 0.5) is 5.69 Å². The van der Waals surface area contributed by atoms with E-state index in [1.165, 1.54) is 16.8 Å². The molecule has 1 rings (SSSR count). The number of nitrogens with one attached hydrogen (secondary N) is 1. The van der Waals surface area contributed by atoms with Crippen molar-refractivity contribution in [2.75, 3.05) is 11.9 Å². The summed E-state index contributed by atoms with van der Waals surface area (Å²) in [5, 5.41) is 3.43. The summed E-state index contributed by atoms with van der Waals surface area (Å²) in [5.41, 5.74) is 9.55. The van der Waals surface area contributed by atoms with Crippen molar-refractivity contribution in [3.63, 3.8) is 0 Å². The van der Waals surface area contributed by atoms with Crippen molar-refractivity contribution < 1.29 is 0 Å². The van der Waals surface area contributed by atoms with Gasteiger partial charge in [-0.2, -0.15) is 0 Å². The van der Waals surface area contributed by atoms with Crippen LogP contribution in [0.1, 0.15) is 24.5 Å². The van der Waals surface area contributed by atoms with Crippen LogP contribution in [-0.4, -0.2) is 12.6 Å². The Balaban J connectivity index is 0. The molecule has 0 spiro atoms. The largest absolute Gasteiger partial charge is 0.385 e. The van der Waals surface area contributed by atoms with Gasteiger partial charge in [0.05, 0.1) is 0 Å². The fourth-order valence-electron chi connectivity index (χ4n) is 1.52. The average molecular weight is 265 g/mol. The van der Waals surface area contributed by atoms with Crippen molar-refractivity contribution in [3.8, 4) is 0 Å². The smallest absolute Gasteiger partial charge is 0.0399 e. The molecule has 0 saturated carbocycles. The molecule has 94 valence electrons. The standard InChI is InChI=1S/C12H20N2.2ClH/c1-9-5-4-6-10(2)12(9)14-8-7-11(3)13;;/h4-6,11,14H,7-8,13H2,1-3H3;2*1H. The first-order valence-electron chi connectivity index (χ1n) is 5.17. The SMILES string of the molecule is Cc1cccc(C)c1NCCC(C)N.Cl.Cl. The Morgan fingerprint density at radius 1 is 1.19 bits per heavy atom. The van der Waals surface area contributed by atoms with E-state index in [2.05, 4.69) is 37.4 Å². The second-order valence-electron chi connectivity index (χ2n) is 3.96. The first kappa shape index (κ1) is 17.9. The maximum absolute atomic E-state index is 5.69. The Hall–Kier alpha value is -0.440. The fraction of sp³-hybridized carbons (Fsp3) is 0.500. The van der Waals surface area contributed by atoms with Gasteiger partial charge in [-0.05, 0) is 38.3 Å². The lowest BCUT2D eigenvalue weighted by Crippen LogP contribution is -2.19. The molecular weight excluding hydrogens is 243 g/mol. The van der Waals surface area contributed by atoms with Crippen LogP contribution in [0, 0.1) is 13.8 Å². The minimum atomic E-state index is 0. The van der Waals surface area contributed by atoms with Gasteiger partial charge in [0.1, 0.15) is 0 Å². The van der Waals surface area contributed by atoms with E-state index in [-0.39, 0.29) is 30.9 Å². The molecule has 0 bridgehead atoms. The van der Waals surface area contributed by atoms with Crippen LogP contribution in [0.15, 0.2) is 18.2 Å². The van der Waals surface area contributed by atoms with Crippen molar-refractivity contribution in [2.24, 2.45) is 5.73 Å². The summed E-state index contributed by atoms with van der Waals surface area (Å²) in [7, 11) is 0. The molecule has 1 aromatic carbocycles. The molecule has 1 aromatic rings. The van der Waals surface area contributed by atoms with Crippen LogP contribution in [0.25, 0.3) is 0 Å². The van der Waals surface area contributed by atoms with Gasteiger partial charge < -0.3 is 11.1 Å². The number of benzene rings is 1. The maximum Gasteiger partial charge on any atom is 0.0399 e. The summed E-state index contributed by atoms with van der Waals surface area (Å²) in [6, 6.07) is 6.61. The van der Waals surface area contributed by atoms with Gasteiger partial charge in [-0.15, -0.1) is 24.8 Å². The van der Waals surface area contributed by atoms with Crippen LogP contribution in [-0.2, 0) is 0 Å². The lowest BCUT2D eigenvalue weighted by atomic mass is 10.1. The number of para-hydroxylation sites is 1. The van der Waals surface area contributed by atoms with E-state index in [0.717, 1.165) is 13.0 Å². The monoisotopic (exact) mass is 264 g/mol. The average Bonchev–Trinajstić information content (AvgIpc) is 2.09. The Morgan fingerprint density at radius 2 is 1.69 bits per heavy atom. The van der Waals surface area contributed by atoms with Crippen LogP contribution < -0.4 is 11.1 Å². The molecule has 3 N–H and O–H groups in total. The van der Waals surface area contributed by atoms with Gasteiger partial charge in [0.25, 0.3) is 0 Å². The van der Waals surface area contributed by atoms with Gasteiger partial charge in [-0.1, -0.05) is 18.2 Å². The fourth-order valence-corrected chi connectivity index (χ4v) is 1.52. The number of rotatable bonds is 4. The van der Waals surface area contributed by atoms with Crippen molar-refractivity contribution in [1.29, 1.82) is 0 Å². The van der Waals surface area contributed by atoms with Gasteiger partial charge in [0.2, 0.25) is 0 Å². The number of aryl methyl sites for hydroxylation is 2. The van der Waals surface area contributed by atoms with Gasteiger partial charge in [-0.25, -0.2) is 0 Å². The molecule has 0 aliphatic carbocycles. The van der Waals surface area contributed by atoms with Crippen molar-refractivity contribution in [2.45, 2.75) is 33.2 Å². The zero-order valence-electron chi connectivity index (χ0n) is 10.1. The third kappa shape index (κ3) is 5.59. The van der Waals surface area contributed by atoms with E-state index in [1.54, 1.807) is 0 Å². The van der Waals surface area contributed by atoms with Gasteiger partial charge in [0.15, 0.2) is 0 Å². The highest BCUT2D eigenvalue weighted by molar-refractivity contribution is 5.85. The topological polar surface area (TPSA) is 38.0 Å². The molecule has 0 fully saturated rings. The molecular formula is C12H22Cl2N2. The molecule has 1 unspecified atom stereocenters. The highest BCUT2D eigenvalue weighted by Gasteiger charge is 2.01.